The Labute approximate surface area is 84.1 Å². The fraction of sp³-hybridized carbons (Fsp3) is 0.250. The van der Waals surface area contributed by atoms with E-state index in [2.05, 4.69) is 56.6 Å². The largest absolute Gasteiger partial charge is 0.177 e. The average molecular weight is 279 g/mol. The first-order chi connectivity index (χ1) is 5.29. The molecule has 0 radical (unpaired) electrons. The molecule has 3 heteroatoms. The van der Waals surface area contributed by atoms with E-state index in [0.717, 1.165) is 13.0 Å². The van der Waals surface area contributed by atoms with Gasteiger partial charge in [0.15, 0.2) is 0 Å². The second kappa shape index (κ2) is 4.91. The van der Waals surface area contributed by atoms with Crippen molar-refractivity contribution in [1.82, 2.24) is 2.95 Å². The molecule has 0 spiro atoms. The fourth-order valence-corrected chi connectivity index (χ4v) is 1.21. The molecule has 0 heterocycles. The van der Waals surface area contributed by atoms with Gasteiger partial charge in [0.2, 0.25) is 0 Å². The minimum absolute atomic E-state index is 0.962. The van der Waals surface area contributed by atoms with Gasteiger partial charge in [-0.05, 0) is 12.0 Å². The summed E-state index contributed by atoms with van der Waals surface area (Å²) in [6, 6.07) is 10.4. The zero-order chi connectivity index (χ0) is 8.10. The maximum atomic E-state index is 3.28. The van der Waals surface area contributed by atoms with E-state index in [4.69, 9.17) is 0 Å². The van der Waals surface area contributed by atoms with Crippen LogP contribution < -0.4 is 0 Å². The number of hydrogen-bond acceptors (Lipinski definition) is 1. The minimum Gasteiger partial charge on any atom is -0.177 e. The van der Waals surface area contributed by atoms with Crippen LogP contribution in [0.4, 0.5) is 0 Å². The molecule has 1 rings (SSSR count). The van der Waals surface area contributed by atoms with Crippen LogP contribution in [0.25, 0.3) is 0 Å². The Kier molecular flexibility index (Phi) is 4.12. The minimum atomic E-state index is 0.962. The van der Waals surface area contributed by atoms with Gasteiger partial charge in [-0.2, -0.15) is 2.95 Å². The molecule has 0 atom stereocenters. The molecule has 0 aliphatic heterocycles. The van der Waals surface area contributed by atoms with Gasteiger partial charge in [0.1, 0.15) is 0 Å². The van der Waals surface area contributed by atoms with Crippen LogP contribution in [0.5, 0.6) is 0 Å². The van der Waals surface area contributed by atoms with Crippen LogP contribution in [0.3, 0.4) is 0 Å². The Morgan fingerprint density at radius 1 is 1.09 bits per heavy atom. The Morgan fingerprint density at radius 2 is 1.73 bits per heavy atom. The highest BCUT2D eigenvalue weighted by Gasteiger charge is 1.94. The van der Waals surface area contributed by atoms with Crippen molar-refractivity contribution in [2.75, 3.05) is 6.54 Å². The number of nitrogens with zero attached hydrogens (tertiary/aromatic N) is 1. The normalized spacial score (nSPS) is 10.5. The molecule has 1 aromatic rings. The third kappa shape index (κ3) is 3.89. The molecule has 0 aromatic heterocycles. The van der Waals surface area contributed by atoms with Crippen molar-refractivity contribution in [3.8, 4) is 0 Å². The topological polar surface area (TPSA) is 3.24 Å². The number of benzene rings is 1. The Balaban J connectivity index is 2.39. The Morgan fingerprint density at radius 3 is 2.27 bits per heavy atom. The maximum Gasteiger partial charge on any atom is 0.0249 e. The van der Waals surface area contributed by atoms with Crippen molar-refractivity contribution in [2.24, 2.45) is 0 Å². The summed E-state index contributed by atoms with van der Waals surface area (Å²) in [5, 5.41) is 0. The van der Waals surface area contributed by atoms with E-state index in [1.165, 1.54) is 5.56 Å². The first-order valence-corrected chi connectivity index (χ1v) is 4.84. The Hall–Kier alpha value is 0.140. The van der Waals surface area contributed by atoms with Crippen LogP contribution in [-0.2, 0) is 6.42 Å². The van der Waals surface area contributed by atoms with Crippen LogP contribution in [0.15, 0.2) is 30.3 Å². The van der Waals surface area contributed by atoms with Gasteiger partial charge < -0.3 is 0 Å². The van der Waals surface area contributed by atoms with Crippen LogP contribution >= 0.6 is 32.3 Å². The predicted octanol–water partition coefficient (Wildman–Crippen LogP) is 3.15. The molecule has 1 aromatic carbocycles. The van der Waals surface area contributed by atoms with E-state index in [-0.39, 0.29) is 0 Å². The van der Waals surface area contributed by atoms with Gasteiger partial charge in [-0.25, -0.2) is 0 Å². The molecular formula is C8H9Br2N. The highest BCUT2D eigenvalue weighted by Crippen LogP contribution is 2.07. The first-order valence-electron chi connectivity index (χ1n) is 3.42. The van der Waals surface area contributed by atoms with Crippen molar-refractivity contribution in [2.45, 2.75) is 6.42 Å². The summed E-state index contributed by atoms with van der Waals surface area (Å²) in [5.74, 6) is 0. The average Bonchev–Trinajstić information content (AvgIpc) is 2.03. The second-order valence-electron chi connectivity index (χ2n) is 2.26. The SMILES string of the molecule is BrN(Br)CCc1ccccc1. The fourth-order valence-electron chi connectivity index (χ4n) is 0.858. The second-order valence-corrected chi connectivity index (χ2v) is 4.93. The van der Waals surface area contributed by atoms with Gasteiger partial charge in [-0.1, -0.05) is 30.3 Å². The van der Waals surface area contributed by atoms with E-state index in [0.29, 0.717) is 0 Å². The third-order valence-corrected chi connectivity index (χ3v) is 2.12. The van der Waals surface area contributed by atoms with E-state index < -0.39 is 0 Å². The van der Waals surface area contributed by atoms with Gasteiger partial charge in [0, 0.05) is 38.8 Å². The molecular weight excluding hydrogens is 270 g/mol. The third-order valence-electron chi connectivity index (χ3n) is 1.41. The van der Waals surface area contributed by atoms with Crippen LogP contribution in [-0.4, -0.2) is 9.50 Å². The van der Waals surface area contributed by atoms with Crippen LogP contribution in [0.2, 0.25) is 0 Å². The summed E-state index contributed by atoms with van der Waals surface area (Å²) in [4.78, 5) is 0. The monoisotopic (exact) mass is 277 g/mol. The summed E-state index contributed by atoms with van der Waals surface area (Å²) in [6.45, 7) is 0.962. The van der Waals surface area contributed by atoms with Crippen LogP contribution in [0, 0.1) is 0 Å². The van der Waals surface area contributed by atoms with Gasteiger partial charge in [-0.3, -0.25) is 0 Å². The van der Waals surface area contributed by atoms with Crippen molar-refractivity contribution in [3.63, 3.8) is 0 Å². The number of halogens is 2. The van der Waals surface area contributed by atoms with Gasteiger partial charge in [0.05, 0.1) is 0 Å². The quantitative estimate of drug-likeness (QED) is 0.768. The highest BCUT2D eigenvalue weighted by molar-refractivity contribution is 9.21. The zero-order valence-electron chi connectivity index (χ0n) is 6.00. The van der Waals surface area contributed by atoms with E-state index in [1.54, 1.807) is 0 Å². The van der Waals surface area contributed by atoms with Crippen LogP contribution in [0.1, 0.15) is 5.56 Å². The lowest BCUT2D eigenvalue weighted by Crippen LogP contribution is -2.01. The maximum absolute atomic E-state index is 3.28. The molecule has 0 N–H and O–H groups in total. The molecule has 0 unspecified atom stereocenters. The number of rotatable bonds is 3. The molecule has 0 bridgehead atoms. The van der Waals surface area contributed by atoms with Crippen molar-refractivity contribution >= 4 is 32.3 Å². The summed E-state index contributed by atoms with van der Waals surface area (Å²) in [5.41, 5.74) is 1.36. The molecule has 0 fully saturated rings. The predicted molar refractivity (Wildman–Crippen MR) is 54.7 cm³/mol. The summed E-state index contributed by atoms with van der Waals surface area (Å²) in [6.07, 6.45) is 1.05. The Bertz CT molecular complexity index is 199. The molecule has 11 heavy (non-hydrogen) atoms. The smallest absolute Gasteiger partial charge is 0.0249 e. The lowest BCUT2D eigenvalue weighted by Gasteiger charge is -2.03. The van der Waals surface area contributed by atoms with Crippen molar-refractivity contribution < 1.29 is 0 Å². The van der Waals surface area contributed by atoms with Gasteiger partial charge >= 0.3 is 0 Å². The molecule has 0 amide bonds. The lowest BCUT2D eigenvalue weighted by atomic mass is 10.2. The molecule has 1 nitrogen and oxygen atoms in total. The highest BCUT2D eigenvalue weighted by atomic mass is 79.9. The molecule has 0 aliphatic carbocycles. The summed E-state index contributed by atoms with van der Waals surface area (Å²) in [7, 11) is 0. The number of hydrogen-bond donors (Lipinski definition) is 0. The van der Waals surface area contributed by atoms with E-state index in [9.17, 15) is 0 Å². The summed E-state index contributed by atoms with van der Waals surface area (Å²) < 4.78 is 1.83. The first kappa shape index (κ1) is 9.23. The standard InChI is InChI=1S/C8H9Br2N/c9-11(10)7-6-8-4-2-1-3-5-8/h1-5H,6-7H2. The molecule has 0 saturated carbocycles. The van der Waals surface area contributed by atoms with E-state index in [1.807, 2.05) is 9.02 Å². The van der Waals surface area contributed by atoms with Gasteiger partial charge in [0.25, 0.3) is 0 Å². The van der Waals surface area contributed by atoms with E-state index >= 15 is 0 Å². The van der Waals surface area contributed by atoms with Crippen molar-refractivity contribution in [1.29, 1.82) is 0 Å². The molecule has 0 aliphatic rings. The lowest BCUT2D eigenvalue weighted by molar-refractivity contribution is 0.762. The van der Waals surface area contributed by atoms with Crippen molar-refractivity contribution in [3.05, 3.63) is 35.9 Å². The zero-order valence-corrected chi connectivity index (χ0v) is 9.18. The summed E-state index contributed by atoms with van der Waals surface area (Å²) >= 11 is 6.56. The molecule has 0 saturated heterocycles. The molecule has 60 valence electrons. The van der Waals surface area contributed by atoms with Gasteiger partial charge in [-0.15, -0.1) is 0 Å².